The summed E-state index contributed by atoms with van der Waals surface area (Å²) in [5.41, 5.74) is 2.69. The van der Waals surface area contributed by atoms with Crippen LogP contribution in [0.25, 0.3) is 0 Å². The van der Waals surface area contributed by atoms with E-state index < -0.39 is 0 Å². The molecule has 0 saturated heterocycles. The van der Waals surface area contributed by atoms with Crippen molar-refractivity contribution in [1.82, 2.24) is 15.5 Å². The molecule has 0 spiro atoms. The fraction of sp³-hybridized carbons (Fsp3) is 0.364. The van der Waals surface area contributed by atoms with Crippen molar-refractivity contribution in [2.75, 3.05) is 20.2 Å². The predicted octanol–water partition coefficient (Wildman–Crippen LogP) is 3.35. The van der Waals surface area contributed by atoms with Gasteiger partial charge in [0.2, 0.25) is 0 Å². The molecule has 2 rings (SSSR count). The van der Waals surface area contributed by atoms with Crippen molar-refractivity contribution in [3.05, 3.63) is 65.2 Å². The van der Waals surface area contributed by atoms with E-state index in [9.17, 15) is 9.59 Å². The molecule has 0 aliphatic heterocycles. The molecule has 0 aliphatic carbocycles. The molecule has 0 saturated carbocycles. The van der Waals surface area contributed by atoms with Crippen LogP contribution < -0.4 is 15.4 Å². The van der Waals surface area contributed by atoms with Crippen LogP contribution in [0.5, 0.6) is 5.75 Å². The fourth-order valence-electron chi connectivity index (χ4n) is 2.49. The Labute approximate surface area is 166 Å². The number of benzene rings is 2. The topological polar surface area (TPSA) is 70.7 Å². The summed E-state index contributed by atoms with van der Waals surface area (Å²) in [5.74, 6) is 0.779. The number of hydrogen-bond donors (Lipinski definition) is 2. The summed E-state index contributed by atoms with van der Waals surface area (Å²) in [6.07, 6.45) is 0. The molecular formula is C22H29N3O3. The van der Waals surface area contributed by atoms with Gasteiger partial charge in [0.15, 0.2) is 0 Å². The molecule has 0 bridgehead atoms. The Hall–Kier alpha value is -3.02. The van der Waals surface area contributed by atoms with E-state index in [0.717, 1.165) is 16.9 Å². The lowest BCUT2D eigenvalue weighted by molar-refractivity contribution is 0.0755. The van der Waals surface area contributed by atoms with E-state index in [1.807, 2.05) is 57.2 Å². The van der Waals surface area contributed by atoms with Gasteiger partial charge >= 0.3 is 6.03 Å². The molecule has 0 aliphatic rings. The first-order chi connectivity index (χ1) is 13.4. The van der Waals surface area contributed by atoms with E-state index in [4.69, 9.17) is 4.74 Å². The highest BCUT2D eigenvalue weighted by atomic mass is 16.5. The SMILES string of the molecule is Cc1cccc(OCCNC(=O)NCc2ccc(C(=O)N(C)C(C)C)cc2)c1. The summed E-state index contributed by atoms with van der Waals surface area (Å²) < 4.78 is 5.59. The smallest absolute Gasteiger partial charge is 0.315 e. The van der Waals surface area contributed by atoms with Crippen LogP contribution in [0.4, 0.5) is 4.79 Å². The Kier molecular flexibility index (Phi) is 7.87. The third-order valence-electron chi connectivity index (χ3n) is 4.39. The first-order valence-electron chi connectivity index (χ1n) is 9.44. The van der Waals surface area contributed by atoms with Gasteiger partial charge in [0.25, 0.3) is 5.91 Å². The molecule has 0 unspecified atom stereocenters. The summed E-state index contributed by atoms with van der Waals surface area (Å²) in [7, 11) is 1.79. The van der Waals surface area contributed by atoms with Gasteiger partial charge in [-0.05, 0) is 56.2 Å². The molecule has 6 nitrogen and oxygen atoms in total. The number of nitrogens with one attached hydrogen (secondary N) is 2. The van der Waals surface area contributed by atoms with E-state index in [1.54, 1.807) is 24.1 Å². The molecule has 6 heteroatoms. The zero-order valence-corrected chi connectivity index (χ0v) is 17.0. The average molecular weight is 383 g/mol. The zero-order valence-electron chi connectivity index (χ0n) is 17.0. The maximum atomic E-state index is 12.3. The second kappa shape index (κ2) is 10.3. The van der Waals surface area contributed by atoms with Crippen molar-refractivity contribution in [2.24, 2.45) is 0 Å². The Balaban J connectivity index is 1.70. The van der Waals surface area contributed by atoms with Gasteiger partial charge in [-0.25, -0.2) is 4.79 Å². The highest BCUT2D eigenvalue weighted by Gasteiger charge is 2.13. The highest BCUT2D eigenvalue weighted by Crippen LogP contribution is 2.12. The van der Waals surface area contributed by atoms with E-state index in [-0.39, 0.29) is 18.0 Å². The first-order valence-corrected chi connectivity index (χ1v) is 9.44. The van der Waals surface area contributed by atoms with Gasteiger partial charge in [-0.15, -0.1) is 0 Å². The maximum Gasteiger partial charge on any atom is 0.315 e. The minimum absolute atomic E-state index is 0.0131. The molecule has 2 N–H and O–H groups in total. The second-order valence-corrected chi connectivity index (χ2v) is 6.98. The molecule has 0 fully saturated rings. The molecule has 0 atom stereocenters. The van der Waals surface area contributed by atoms with E-state index >= 15 is 0 Å². The molecule has 150 valence electrons. The monoisotopic (exact) mass is 383 g/mol. The molecule has 28 heavy (non-hydrogen) atoms. The van der Waals surface area contributed by atoms with Crippen LogP contribution >= 0.6 is 0 Å². The van der Waals surface area contributed by atoms with Gasteiger partial charge < -0.3 is 20.3 Å². The number of urea groups is 1. The quantitative estimate of drug-likeness (QED) is 0.687. The lowest BCUT2D eigenvalue weighted by Gasteiger charge is -2.21. The van der Waals surface area contributed by atoms with Crippen molar-refractivity contribution in [2.45, 2.75) is 33.4 Å². The van der Waals surface area contributed by atoms with Crippen molar-refractivity contribution in [1.29, 1.82) is 0 Å². The standard InChI is InChI=1S/C22H29N3O3/c1-16(2)25(4)21(26)19-10-8-18(9-11-19)15-24-22(27)23-12-13-28-20-7-5-6-17(3)14-20/h5-11,14,16H,12-13,15H2,1-4H3,(H2,23,24,27). The molecule has 3 amide bonds. The van der Waals surface area contributed by atoms with Gasteiger partial charge in [0.05, 0.1) is 6.54 Å². The van der Waals surface area contributed by atoms with Gasteiger partial charge in [-0.2, -0.15) is 0 Å². The summed E-state index contributed by atoms with van der Waals surface area (Å²) in [5, 5.41) is 5.55. The van der Waals surface area contributed by atoms with Crippen molar-refractivity contribution < 1.29 is 14.3 Å². The summed E-state index contributed by atoms with van der Waals surface area (Å²) in [6, 6.07) is 14.9. The molecule has 0 heterocycles. The lowest BCUT2D eigenvalue weighted by Crippen LogP contribution is -2.37. The number of nitrogens with zero attached hydrogens (tertiary/aromatic N) is 1. The Morgan fingerprint density at radius 3 is 2.43 bits per heavy atom. The van der Waals surface area contributed by atoms with Crippen LogP contribution in [0, 0.1) is 6.92 Å². The predicted molar refractivity (Wildman–Crippen MR) is 111 cm³/mol. The molecule has 2 aromatic carbocycles. The van der Waals surface area contributed by atoms with Crippen LogP contribution in [0.2, 0.25) is 0 Å². The highest BCUT2D eigenvalue weighted by molar-refractivity contribution is 5.94. The van der Waals surface area contributed by atoms with Gasteiger partial charge in [-0.1, -0.05) is 24.3 Å². The van der Waals surface area contributed by atoms with Crippen LogP contribution in [-0.2, 0) is 6.54 Å². The molecular weight excluding hydrogens is 354 g/mol. The number of carbonyl (C=O) groups excluding carboxylic acids is 2. The first kappa shape index (κ1) is 21.3. The molecule has 0 radical (unpaired) electrons. The van der Waals surface area contributed by atoms with Gasteiger partial charge in [0.1, 0.15) is 12.4 Å². The number of hydrogen-bond acceptors (Lipinski definition) is 3. The number of ether oxygens (including phenoxy) is 1. The summed E-state index contributed by atoms with van der Waals surface area (Å²) in [6.45, 7) is 7.15. The summed E-state index contributed by atoms with van der Waals surface area (Å²) in [4.78, 5) is 25.8. The third kappa shape index (κ3) is 6.61. The van der Waals surface area contributed by atoms with Crippen molar-refractivity contribution in [3.63, 3.8) is 0 Å². The van der Waals surface area contributed by atoms with Crippen LogP contribution in [0.1, 0.15) is 35.3 Å². The number of aryl methyl sites for hydroxylation is 1. The van der Waals surface area contributed by atoms with E-state index in [2.05, 4.69) is 10.6 Å². The average Bonchev–Trinajstić information content (AvgIpc) is 2.69. The number of amides is 3. The Morgan fingerprint density at radius 1 is 1.07 bits per heavy atom. The second-order valence-electron chi connectivity index (χ2n) is 6.98. The fourth-order valence-corrected chi connectivity index (χ4v) is 2.49. The zero-order chi connectivity index (χ0) is 20.5. The van der Waals surface area contributed by atoms with Crippen molar-refractivity contribution in [3.8, 4) is 5.75 Å². The van der Waals surface area contributed by atoms with Gasteiger partial charge in [-0.3, -0.25) is 4.79 Å². The van der Waals surface area contributed by atoms with E-state index in [0.29, 0.717) is 25.3 Å². The summed E-state index contributed by atoms with van der Waals surface area (Å²) >= 11 is 0. The van der Waals surface area contributed by atoms with Crippen LogP contribution in [-0.4, -0.2) is 43.1 Å². The van der Waals surface area contributed by atoms with Crippen molar-refractivity contribution >= 4 is 11.9 Å². The Morgan fingerprint density at radius 2 is 1.79 bits per heavy atom. The normalized spacial score (nSPS) is 10.5. The lowest BCUT2D eigenvalue weighted by atomic mass is 10.1. The van der Waals surface area contributed by atoms with Gasteiger partial charge in [0, 0.05) is 25.2 Å². The minimum atomic E-state index is -0.257. The Bertz CT molecular complexity index is 788. The molecule has 2 aromatic rings. The van der Waals surface area contributed by atoms with E-state index in [1.165, 1.54) is 0 Å². The van der Waals surface area contributed by atoms with Crippen LogP contribution in [0.3, 0.4) is 0 Å². The molecule has 0 aromatic heterocycles. The van der Waals surface area contributed by atoms with Crippen LogP contribution in [0.15, 0.2) is 48.5 Å². The minimum Gasteiger partial charge on any atom is -0.492 e. The third-order valence-corrected chi connectivity index (χ3v) is 4.39. The largest absolute Gasteiger partial charge is 0.492 e. The maximum absolute atomic E-state index is 12.3. The number of carbonyl (C=O) groups is 2. The number of rotatable bonds is 8.